The summed E-state index contributed by atoms with van der Waals surface area (Å²) in [6, 6.07) is 3.58. The number of amides is 1. The summed E-state index contributed by atoms with van der Waals surface area (Å²) >= 11 is 4.86. The molecule has 5 nitrogen and oxygen atoms in total. The summed E-state index contributed by atoms with van der Waals surface area (Å²) in [5, 5.41) is 3.04. The normalized spacial score (nSPS) is 19.6. The first-order valence-corrected chi connectivity index (χ1v) is 7.30. The minimum atomic E-state index is -0.137. The third-order valence-corrected chi connectivity index (χ3v) is 3.80. The monoisotopic (exact) mass is 292 g/mol. The van der Waals surface area contributed by atoms with Crippen LogP contribution in [0.25, 0.3) is 0 Å². The molecule has 3 N–H and O–H groups in total. The second-order valence-electron chi connectivity index (χ2n) is 5.00. The van der Waals surface area contributed by atoms with Crippen molar-refractivity contribution in [3.05, 3.63) is 29.6 Å². The van der Waals surface area contributed by atoms with E-state index in [0.717, 1.165) is 32.5 Å². The Kier molecular flexibility index (Phi) is 5.03. The van der Waals surface area contributed by atoms with Gasteiger partial charge < -0.3 is 16.0 Å². The number of nitrogens with zero attached hydrogens (tertiary/aromatic N) is 2. The minimum absolute atomic E-state index is 0.137. The third-order valence-electron chi connectivity index (χ3n) is 3.57. The van der Waals surface area contributed by atoms with Crippen molar-refractivity contribution in [3.8, 4) is 0 Å². The maximum Gasteiger partial charge on any atom is 0.270 e. The molecule has 0 spiro atoms. The Morgan fingerprint density at radius 1 is 1.60 bits per heavy atom. The SMILES string of the molecule is CCN1CCCC(NC(=O)c2ccc(C(N)=S)cn2)C1. The van der Waals surface area contributed by atoms with Crippen molar-refractivity contribution in [2.75, 3.05) is 19.6 Å². The number of carbonyl (C=O) groups excluding carboxylic acids is 1. The Bertz CT molecular complexity index is 488. The zero-order chi connectivity index (χ0) is 14.5. The van der Waals surface area contributed by atoms with Crippen molar-refractivity contribution in [1.29, 1.82) is 0 Å². The van der Waals surface area contributed by atoms with Crippen LogP contribution in [0.4, 0.5) is 0 Å². The van der Waals surface area contributed by atoms with Gasteiger partial charge in [0.1, 0.15) is 10.7 Å². The Morgan fingerprint density at radius 2 is 2.40 bits per heavy atom. The largest absolute Gasteiger partial charge is 0.389 e. The van der Waals surface area contributed by atoms with E-state index in [1.165, 1.54) is 6.20 Å². The van der Waals surface area contributed by atoms with Gasteiger partial charge in [0.05, 0.1) is 0 Å². The average molecular weight is 292 g/mol. The lowest BCUT2D eigenvalue weighted by Crippen LogP contribution is -2.47. The van der Waals surface area contributed by atoms with Gasteiger partial charge in [-0.05, 0) is 38.1 Å². The van der Waals surface area contributed by atoms with Crippen LogP contribution in [0.2, 0.25) is 0 Å². The Labute approximate surface area is 124 Å². The fraction of sp³-hybridized carbons (Fsp3) is 0.500. The predicted molar refractivity (Wildman–Crippen MR) is 82.7 cm³/mol. The molecule has 0 aliphatic carbocycles. The lowest BCUT2D eigenvalue weighted by atomic mass is 10.1. The zero-order valence-corrected chi connectivity index (χ0v) is 12.4. The van der Waals surface area contributed by atoms with Crippen LogP contribution in [-0.2, 0) is 0 Å². The first-order chi connectivity index (χ1) is 9.60. The number of rotatable bonds is 4. The number of hydrogen-bond acceptors (Lipinski definition) is 4. The molecule has 1 aliphatic rings. The molecule has 0 aromatic carbocycles. The van der Waals surface area contributed by atoms with Crippen molar-refractivity contribution in [3.63, 3.8) is 0 Å². The average Bonchev–Trinajstić information content (AvgIpc) is 2.47. The van der Waals surface area contributed by atoms with Crippen molar-refractivity contribution in [2.24, 2.45) is 5.73 Å². The summed E-state index contributed by atoms with van der Waals surface area (Å²) in [6.07, 6.45) is 3.68. The van der Waals surface area contributed by atoms with Gasteiger partial charge in [-0.25, -0.2) is 0 Å². The lowest BCUT2D eigenvalue weighted by molar-refractivity contribution is 0.0901. The summed E-state index contributed by atoms with van der Waals surface area (Å²) < 4.78 is 0. The van der Waals surface area contributed by atoms with E-state index in [1.54, 1.807) is 12.1 Å². The number of hydrogen-bond donors (Lipinski definition) is 2. The van der Waals surface area contributed by atoms with Crippen LogP contribution in [0.15, 0.2) is 18.3 Å². The van der Waals surface area contributed by atoms with Gasteiger partial charge in [0, 0.05) is 24.3 Å². The zero-order valence-electron chi connectivity index (χ0n) is 11.6. The molecule has 1 unspecified atom stereocenters. The summed E-state index contributed by atoms with van der Waals surface area (Å²) in [5.74, 6) is -0.137. The molecule has 1 fully saturated rings. The van der Waals surface area contributed by atoms with Gasteiger partial charge in [-0.1, -0.05) is 19.1 Å². The Balaban J connectivity index is 1.95. The molecule has 108 valence electrons. The van der Waals surface area contributed by atoms with E-state index in [1.807, 2.05) is 0 Å². The van der Waals surface area contributed by atoms with Crippen LogP contribution < -0.4 is 11.1 Å². The van der Waals surface area contributed by atoms with Gasteiger partial charge in [-0.3, -0.25) is 9.78 Å². The molecular formula is C14H20N4OS. The standard InChI is InChI=1S/C14H20N4OS/c1-2-18-7-3-4-11(9-18)17-14(19)12-6-5-10(8-16-12)13(15)20/h5-6,8,11H,2-4,7,9H2,1H3,(H2,15,20)(H,17,19). The van der Waals surface area contributed by atoms with Crippen molar-refractivity contribution >= 4 is 23.1 Å². The van der Waals surface area contributed by atoms with Crippen LogP contribution in [0, 0.1) is 0 Å². The highest BCUT2D eigenvalue weighted by Gasteiger charge is 2.21. The maximum atomic E-state index is 12.1. The fourth-order valence-electron chi connectivity index (χ4n) is 2.39. The van der Waals surface area contributed by atoms with Gasteiger partial charge in [0.2, 0.25) is 0 Å². The van der Waals surface area contributed by atoms with Gasteiger partial charge in [0.15, 0.2) is 0 Å². The van der Waals surface area contributed by atoms with Gasteiger partial charge in [-0.2, -0.15) is 0 Å². The van der Waals surface area contributed by atoms with Crippen LogP contribution in [-0.4, -0.2) is 46.5 Å². The molecule has 0 radical (unpaired) electrons. The number of likely N-dealkylation sites (tertiary alicyclic amines) is 1. The Hall–Kier alpha value is -1.53. The molecule has 2 rings (SSSR count). The topological polar surface area (TPSA) is 71.2 Å². The highest BCUT2D eigenvalue weighted by Crippen LogP contribution is 2.10. The summed E-state index contributed by atoms with van der Waals surface area (Å²) in [5.41, 5.74) is 6.58. The quantitative estimate of drug-likeness (QED) is 0.808. The molecule has 6 heteroatoms. The third kappa shape index (κ3) is 3.74. The van der Waals surface area contributed by atoms with Crippen molar-refractivity contribution < 1.29 is 4.79 Å². The number of likely N-dealkylation sites (N-methyl/N-ethyl adjacent to an activating group) is 1. The molecule has 1 atom stereocenters. The van der Waals surface area contributed by atoms with E-state index in [0.29, 0.717) is 11.3 Å². The number of piperidine rings is 1. The molecule has 1 saturated heterocycles. The number of nitrogens with one attached hydrogen (secondary N) is 1. The van der Waals surface area contributed by atoms with Crippen LogP contribution in [0.1, 0.15) is 35.8 Å². The Morgan fingerprint density at radius 3 is 3.00 bits per heavy atom. The molecule has 0 bridgehead atoms. The molecule has 1 amide bonds. The minimum Gasteiger partial charge on any atom is -0.389 e. The number of thiocarbonyl (C=S) groups is 1. The summed E-state index contributed by atoms with van der Waals surface area (Å²) in [4.78, 5) is 18.9. The van der Waals surface area contributed by atoms with E-state index >= 15 is 0 Å². The van der Waals surface area contributed by atoms with Crippen molar-refractivity contribution in [2.45, 2.75) is 25.8 Å². The van der Waals surface area contributed by atoms with Gasteiger partial charge in [-0.15, -0.1) is 0 Å². The van der Waals surface area contributed by atoms with E-state index in [-0.39, 0.29) is 16.9 Å². The van der Waals surface area contributed by atoms with E-state index < -0.39 is 0 Å². The van der Waals surface area contributed by atoms with Gasteiger partial charge >= 0.3 is 0 Å². The number of nitrogens with two attached hydrogens (primary N) is 1. The highest BCUT2D eigenvalue weighted by molar-refractivity contribution is 7.80. The second kappa shape index (κ2) is 6.76. The lowest BCUT2D eigenvalue weighted by Gasteiger charge is -2.32. The smallest absolute Gasteiger partial charge is 0.270 e. The number of aromatic nitrogens is 1. The fourth-order valence-corrected chi connectivity index (χ4v) is 2.51. The van der Waals surface area contributed by atoms with Crippen LogP contribution in [0.5, 0.6) is 0 Å². The second-order valence-corrected chi connectivity index (χ2v) is 5.44. The molecule has 1 aromatic rings. The van der Waals surface area contributed by atoms with Crippen molar-refractivity contribution in [1.82, 2.24) is 15.2 Å². The summed E-state index contributed by atoms with van der Waals surface area (Å²) in [7, 11) is 0. The van der Waals surface area contributed by atoms with E-state index in [2.05, 4.69) is 22.1 Å². The summed E-state index contributed by atoms with van der Waals surface area (Å²) in [6.45, 7) is 5.18. The molecule has 1 aromatic heterocycles. The predicted octanol–water partition coefficient (Wildman–Crippen LogP) is 0.930. The van der Waals surface area contributed by atoms with E-state index in [9.17, 15) is 4.79 Å². The molecule has 20 heavy (non-hydrogen) atoms. The van der Waals surface area contributed by atoms with Crippen LogP contribution in [0.3, 0.4) is 0 Å². The molecule has 0 saturated carbocycles. The first kappa shape index (κ1) is 14.9. The number of pyridine rings is 1. The maximum absolute atomic E-state index is 12.1. The molecular weight excluding hydrogens is 272 g/mol. The van der Waals surface area contributed by atoms with E-state index in [4.69, 9.17) is 18.0 Å². The number of carbonyl (C=O) groups is 1. The molecule has 1 aliphatic heterocycles. The first-order valence-electron chi connectivity index (χ1n) is 6.89. The van der Waals surface area contributed by atoms with Crippen LogP contribution >= 0.6 is 12.2 Å². The molecule has 2 heterocycles. The van der Waals surface area contributed by atoms with Gasteiger partial charge in [0.25, 0.3) is 5.91 Å². The highest BCUT2D eigenvalue weighted by atomic mass is 32.1.